The number of rotatable bonds is 4. The molecule has 0 radical (unpaired) electrons. The highest BCUT2D eigenvalue weighted by Gasteiger charge is 2.61. The number of ether oxygens (including phenoxy) is 4. The largest absolute Gasteiger partial charge is 0.411 e. The standard InChI is InChI=1S/C19H39NO5Si/c1-12-11-13(25-26(9,10)17(2,3)4)15-16(14(12)20)24-19(6,22-8)18(5,21-7)23-15/h12-16H,11,20H2,1-10H3/t12-,13-,14+,15-,16-,18+,19+/m0/s1. The lowest BCUT2D eigenvalue weighted by molar-refractivity contribution is -0.459. The SMILES string of the molecule is CO[C@]1(C)O[C@@H]2[C@@H](O[C@@]1(C)OC)[C@H](N)[C@@H](C)C[C@@H]2O[Si](C)(C)C(C)(C)C. The Morgan fingerprint density at radius 1 is 1.00 bits per heavy atom. The molecule has 26 heavy (non-hydrogen) atoms. The molecule has 0 aromatic heterocycles. The van der Waals surface area contributed by atoms with Crippen molar-refractivity contribution in [3.05, 3.63) is 0 Å². The average molecular weight is 390 g/mol. The summed E-state index contributed by atoms with van der Waals surface area (Å²) in [6.45, 7) is 17.1. The fourth-order valence-electron chi connectivity index (χ4n) is 3.57. The average Bonchev–Trinajstić information content (AvgIpc) is 2.53. The first-order valence-electron chi connectivity index (χ1n) is 9.60. The first-order valence-corrected chi connectivity index (χ1v) is 12.5. The zero-order valence-electron chi connectivity index (χ0n) is 18.2. The van der Waals surface area contributed by atoms with Crippen LogP contribution in [0.2, 0.25) is 18.1 Å². The minimum Gasteiger partial charge on any atom is -0.411 e. The van der Waals surface area contributed by atoms with Crippen LogP contribution in [0.1, 0.15) is 48.0 Å². The molecule has 7 atom stereocenters. The summed E-state index contributed by atoms with van der Waals surface area (Å²) >= 11 is 0. The molecule has 0 aromatic rings. The minimum atomic E-state index is -1.97. The van der Waals surface area contributed by atoms with E-state index in [0.29, 0.717) is 0 Å². The van der Waals surface area contributed by atoms with Crippen LogP contribution >= 0.6 is 0 Å². The predicted octanol–water partition coefficient (Wildman–Crippen LogP) is 3.25. The maximum Gasteiger partial charge on any atom is 0.220 e. The summed E-state index contributed by atoms with van der Waals surface area (Å²) in [5.41, 5.74) is 6.50. The molecule has 0 spiro atoms. The maximum absolute atomic E-state index is 6.75. The van der Waals surface area contributed by atoms with Crippen LogP contribution in [0, 0.1) is 5.92 Å². The number of fused-ring (bicyclic) bond motifs is 1. The van der Waals surface area contributed by atoms with Gasteiger partial charge in [0.15, 0.2) is 8.32 Å². The van der Waals surface area contributed by atoms with E-state index in [1.54, 1.807) is 14.2 Å². The molecule has 6 nitrogen and oxygen atoms in total. The van der Waals surface area contributed by atoms with E-state index in [0.717, 1.165) is 6.42 Å². The fraction of sp³-hybridized carbons (Fsp3) is 1.00. The van der Waals surface area contributed by atoms with Gasteiger partial charge in [-0.15, -0.1) is 0 Å². The number of methoxy groups -OCH3 is 2. The molecule has 7 heteroatoms. The second-order valence-electron chi connectivity index (χ2n) is 9.67. The van der Waals surface area contributed by atoms with Crippen molar-refractivity contribution in [2.24, 2.45) is 11.7 Å². The zero-order chi connectivity index (χ0) is 20.1. The molecule has 0 unspecified atom stereocenters. The lowest BCUT2D eigenvalue weighted by atomic mass is 9.79. The first-order chi connectivity index (χ1) is 11.7. The fourth-order valence-corrected chi connectivity index (χ4v) is 4.91. The molecule has 154 valence electrons. The van der Waals surface area contributed by atoms with Crippen LogP contribution < -0.4 is 5.73 Å². The second-order valence-corrected chi connectivity index (χ2v) is 14.4. The van der Waals surface area contributed by atoms with Gasteiger partial charge in [-0.3, -0.25) is 0 Å². The highest BCUT2D eigenvalue weighted by molar-refractivity contribution is 6.74. The van der Waals surface area contributed by atoms with Crippen LogP contribution in [0.25, 0.3) is 0 Å². The molecule has 2 fully saturated rings. The Hall–Kier alpha value is -0.0231. The third kappa shape index (κ3) is 3.64. The van der Waals surface area contributed by atoms with E-state index in [2.05, 4.69) is 40.8 Å². The smallest absolute Gasteiger partial charge is 0.220 e. The highest BCUT2D eigenvalue weighted by atomic mass is 28.4. The molecule has 2 rings (SSSR count). The van der Waals surface area contributed by atoms with Crippen molar-refractivity contribution in [1.29, 1.82) is 0 Å². The molecule has 1 heterocycles. The number of nitrogens with two attached hydrogens (primary N) is 1. The van der Waals surface area contributed by atoms with Gasteiger partial charge in [-0.25, -0.2) is 0 Å². The van der Waals surface area contributed by atoms with E-state index >= 15 is 0 Å². The Bertz CT molecular complexity index is 511. The monoisotopic (exact) mass is 389 g/mol. The summed E-state index contributed by atoms with van der Waals surface area (Å²) in [6, 6.07) is -0.143. The quantitative estimate of drug-likeness (QED) is 0.744. The Morgan fingerprint density at radius 2 is 1.46 bits per heavy atom. The molecule has 1 saturated heterocycles. The van der Waals surface area contributed by atoms with Gasteiger partial charge in [0.2, 0.25) is 11.6 Å². The van der Waals surface area contributed by atoms with E-state index in [1.807, 2.05) is 13.8 Å². The summed E-state index contributed by atoms with van der Waals surface area (Å²) in [4.78, 5) is 0. The van der Waals surface area contributed by atoms with Gasteiger partial charge in [-0.05, 0) is 44.3 Å². The molecule has 1 aliphatic carbocycles. The van der Waals surface area contributed by atoms with Gasteiger partial charge in [-0.2, -0.15) is 0 Å². The van der Waals surface area contributed by atoms with Crippen molar-refractivity contribution in [2.75, 3.05) is 14.2 Å². The molecule has 1 saturated carbocycles. The second kappa shape index (κ2) is 7.10. The van der Waals surface area contributed by atoms with Gasteiger partial charge in [0.05, 0.1) is 6.10 Å². The summed E-state index contributed by atoms with van der Waals surface area (Å²) < 4.78 is 30.9. The third-order valence-electron chi connectivity index (χ3n) is 6.91. The maximum atomic E-state index is 6.75. The molecule has 0 bridgehead atoms. The van der Waals surface area contributed by atoms with E-state index in [1.165, 1.54) is 0 Å². The van der Waals surface area contributed by atoms with Crippen molar-refractivity contribution >= 4 is 8.32 Å². The van der Waals surface area contributed by atoms with E-state index in [-0.39, 0.29) is 35.3 Å². The van der Waals surface area contributed by atoms with Gasteiger partial charge >= 0.3 is 0 Å². The number of hydrogen-bond acceptors (Lipinski definition) is 6. The van der Waals surface area contributed by atoms with Crippen LogP contribution in [0.3, 0.4) is 0 Å². The topological polar surface area (TPSA) is 72.2 Å². The molecule has 0 aromatic carbocycles. The third-order valence-corrected chi connectivity index (χ3v) is 11.4. The summed E-state index contributed by atoms with van der Waals surface area (Å²) in [5.74, 6) is -1.82. The molecular formula is C19H39NO5Si. The van der Waals surface area contributed by atoms with Gasteiger partial charge in [-0.1, -0.05) is 27.7 Å². The molecule has 0 amide bonds. The van der Waals surface area contributed by atoms with E-state index < -0.39 is 19.9 Å². The Morgan fingerprint density at radius 3 is 1.88 bits per heavy atom. The normalized spacial score (nSPS) is 44.7. The summed E-state index contributed by atoms with van der Waals surface area (Å²) in [7, 11) is 1.24. The molecular weight excluding hydrogens is 350 g/mol. The van der Waals surface area contributed by atoms with E-state index in [9.17, 15) is 0 Å². The Kier molecular flexibility index (Phi) is 6.08. The predicted molar refractivity (Wildman–Crippen MR) is 104 cm³/mol. The van der Waals surface area contributed by atoms with Crippen LogP contribution in [-0.2, 0) is 23.4 Å². The van der Waals surface area contributed by atoms with Gasteiger partial charge in [0.1, 0.15) is 12.2 Å². The molecule has 1 aliphatic heterocycles. The first kappa shape index (κ1) is 22.3. The van der Waals surface area contributed by atoms with Gasteiger partial charge in [0.25, 0.3) is 0 Å². The molecule has 2 aliphatic rings. The van der Waals surface area contributed by atoms with Crippen molar-refractivity contribution in [3.63, 3.8) is 0 Å². The van der Waals surface area contributed by atoms with Crippen LogP contribution in [-0.4, -0.2) is 58.5 Å². The van der Waals surface area contributed by atoms with Gasteiger partial charge in [0, 0.05) is 20.3 Å². The zero-order valence-corrected chi connectivity index (χ0v) is 19.2. The van der Waals surface area contributed by atoms with Crippen molar-refractivity contribution in [1.82, 2.24) is 0 Å². The molecule has 2 N–H and O–H groups in total. The van der Waals surface area contributed by atoms with Crippen LogP contribution in [0.4, 0.5) is 0 Å². The Balaban J connectivity index is 2.36. The summed E-state index contributed by atoms with van der Waals surface area (Å²) in [6.07, 6.45) is 0.179. The minimum absolute atomic E-state index is 0.0772. The van der Waals surface area contributed by atoms with Crippen molar-refractivity contribution in [2.45, 2.75) is 102 Å². The Labute approximate surface area is 160 Å². The lowest BCUT2D eigenvalue weighted by Crippen LogP contribution is -2.73. The lowest BCUT2D eigenvalue weighted by Gasteiger charge is -2.58. The van der Waals surface area contributed by atoms with E-state index in [4.69, 9.17) is 29.1 Å². The van der Waals surface area contributed by atoms with Crippen LogP contribution in [0.5, 0.6) is 0 Å². The van der Waals surface area contributed by atoms with Crippen LogP contribution in [0.15, 0.2) is 0 Å². The number of hydrogen-bond donors (Lipinski definition) is 1. The highest BCUT2D eigenvalue weighted by Crippen LogP contribution is 2.46. The van der Waals surface area contributed by atoms with Crippen molar-refractivity contribution in [3.8, 4) is 0 Å². The summed E-state index contributed by atoms with van der Waals surface area (Å²) in [5, 5.41) is 0.117. The van der Waals surface area contributed by atoms with Gasteiger partial charge < -0.3 is 29.1 Å². The van der Waals surface area contributed by atoms with Crippen molar-refractivity contribution < 1.29 is 23.4 Å².